The molecule has 2 aliphatic heterocycles. The van der Waals surface area contributed by atoms with Crippen LogP contribution < -0.4 is 16.0 Å². The second kappa shape index (κ2) is 10.1. The van der Waals surface area contributed by atoms with Gasteiger partial charge in [0.1, 0.15) is 0 Å². The molecule has 0 unspecified atom stereocenters. The quantitative estimate of drug-likeness (QED) is 0.252. The molecule has 0 aromatic heterocycles. The summed E-state index contributed by atoms with van der Waals surface area (Å²) in [5.74, 6) is -2.26. The maximum atomic E-state index is 11.7. The number of nitrogens with one attached hydrogen (secondary N) is 3. The molecule has 6 amide bonds. The molecule has 28 heavy (non-hydrogen) atoms. The van der Waals surface area contributed by atoms with Crippen molar-refractivity contribution in [1.82, 2.24) is 25.8 Å². The first-order chi connectivity index (χ1) is 13.4. The van der Waals surface area contributed by atoms with Crippen molar-refractivity contribution < 1.29 is 28.8 Å². The summed E-state index contributed by atoms with van der Waals surface area (Å²) >= 11 is 0. The van der Waals surface area contributed by atoms with Crippen LogP contribution in [0.25, 0.3) is 0 Å². The summed E-state index contributed by atoms with van der Waals surface area (Å²) in [6.45, 7) is 0.525. The van der Waals surface area contributed by atoms with Crippen LogP contribution in [-0.2, 0) is 28.8 Å². The minimum Gasteiger partial charge on any atom is -0.355 e. The number of carbonyl (C=O) groups excluding carboxylic acids is 6. The first kappa shape index (κ1) is 21.0. The number of nitrogens with zero attached hydrogens (tertiary/aromatic N) is 2. The van der Waals surface area contributed by atoms with Crippen molar-refractivity contribution in [3.8, 4) is 0 Å². The molecule has 2 heterocycles. The van der Waals surface area contributed by atoms with Crippen LogP contribution in [0.2, 0.25) is 0 Å². The van der Waals surface area contributed by atoms with Crippen LogP contribution in [0.3, 0.4) is 0 Å². The summed E-state index contributed by atoms with van der Waals surface area (Å²) in [5.41, 5.74) is 0. The van der Waals surface area contributed by atoms with Crippen molar-refractivity contribution in [3.05, 3.63) is 24.3 Å². The number of carbonyl (C=O) groups is 6. The van der Waals surface area contributed by atoms with E-state index < -0.39 is 11.8 Å². The second-order valence-corrected chi connectivity index (χ2v) is 5.98. The Morgan fingerprint density at radius 1 is 0.679 bits per heavy atom. The number of imide groups is 2. The standard InChI is InChI=1S/C17H21N5O6/c23-12(19-6-1-8-21-14(25)2-3-15(21)26)10-18-11-13(24)20-7-9-22-16(27)4-5-17(22)28/h2-5,18H,1,6-11H2,(H,19,23)(H,20,24). The van der Waals surface area contributed by atoms with Crippen molar-refractivity contribution >= 4 is 35.4 Å². The summed E-state index contributed by atoms with van der Waals surface area (Å²) in [7, 11) is 0. The van der Waals surface area contributed by atoms with E-state index >= 15 is 0 Å². The Morgan fingerprint density at radius 3 is 1.61 bits per heavy atom. The molecule has 11 heteroatoms. The van der Waals surface area contributed by atoms with E-state index in [1.807, 2.05) is 0 Å². The molecular weight excluding hydrogens is 370 g/mol. The summed E-state index contributed by atoms with van der Waals surface area (Å²) < 4.78 is 0. The van der Waals surface area contributed by atoms with E-state index in [1.165, 1.54) is 24.3 Å². The van der Waals surface area contributed by atoms with Gasteiger partial charge >= 0.3 is 0 Å². The topological polar surface area (TPSA) is 145 Å². The van der Waals surface area contributed by atoms with Gasteiger partial charge in [-0.3, -0.25) is 43.9 Å². The van der Waals surface area contributed by atoms with E-state index in [4.69, 9.17) is 0 Å². The molecule has 3 N–H and O–H groups in total. The maximum absolute atomic E-state index is 11.7. The average Bonchev–Trinajstić information content (AvgIpc) is 3.14. The molecule has 2 aliphatic rings. The Balaban J connectivity index is 1.48. The highest BCUT2D eigenvalue weighted by Crippen LogP contribution is 2.03. The Bertz CT molecular complexity index is 708. The number of hydrogen-bond donors (Lipinski definition) is 3. The largest absolute Gasteiger partial charge is 0.355 e. The molecule has 0 bridgehead atoms. The summed E-state index contributed by atoms with van der Waals surface area (Å²) in [6, 6.07) is 0. The van der Waals surface area contributed by atoms with E-state index in [9.17, 15) is 28.8 Å². The zero-order valence-corrected chi connectivity index (χ0v) is 15.1. The predicted octanol–water partition coefficient (Wildman–Crippen LogP) is -2.95. The molecular formula is C17H21N5O6. The first-order valence-corrected chi connectivity index (χ1v) is 8.69. The SMILES string of the molecule is O=C(CNCC(=O)NCCN1C(=O)C=CC1=O)NCCCN1C(=O)C=CC1=O. The van der Waals surface area contributed by atoms with Crippen LogP contribution in [0.1, 0.15) is 6.42 Å². The molecule has 0 spiro atoms. The van der Waals surface area contributed by atoms with Crippen LogP contribution in [-0.4, -0.2) is 84.5 Å². The minimum absolute atomic E-state index is 0.0778. The van der Waals surface area contributed by atoms with Gasteiger partial charge in [-0.1, -0.05) is 0 Å². The lowest BCUT2D eigenvalue weighted by molar-refractivity contribution is -0.138. The predicted molar refractivity (Wildman–Crippen MR) is 95.2 cm³/mol. The van der Waals surface area contributed by atoms with Crippen molar-refractivity contribution in [2.75, 3.05) is 39.3 Å². The molecule has 0 aliphatic carbocycles. The summed E-state index contributed by atoms with van der Waals surface area (Å²) in [5, 5.41) is 7.81. The van der Waals surface area contributed by atoms with Crippen LogP contribution in [0.5, 0.6) is 0 Å². The number of amides is 6. The maximum Gasteiger partial charge on any atom is 0.253 e. The lowest BCUT2D eigenvalue weighted by atomic mass is 10.3. The molecule has 0 aromatic rings. The van der Waals surface area contributed by atoms with Gasteiger partial charge in [0, 0.05) is 50.5 Å². The van der Waals surface area contributed by atoms with Crippen molar-refractivity contribution in [3.63, 3.8) is 0 Å². The molecule has 0 radical (unpaired) electrons. The monoisotopic (exact) mass is 391 g/mol. The van der Waals surface area contributed by atoms with Gasteiger partial charge in [-0.2, -0.15) is 0 Å². The highest BCUT2D eigenvalue weighted by molar-refractivity contribution is 6.13. The van der Waals surface area contributed by atoms with Gasteiger partial charge in [-0.25, -0.2) is 0 Å². The van der Waals surface area contributed by atoms with Crippen molar-refractivity contribution in [2.24, 2.45) is 0 Å². The molecule has 0 aromatic carbocycles. The van der Waals surface area contributed by atoms with E-state index in [-0.39, 0.29) is 62.9 Å². The van der Waals surface area contributed by atoms with Gasteiger partial charge in [0.05, 0.1) is 13.1 Å². The van der Waals surface area contributed by atoms with E-state index in [2.05, 4.69) is 16.0 Å². The average molecular weight is 391 g/mol. The van der Waals surface area contributed by atoms with E-state index in [1.54, 1.807) is 0 Å². The molecule has 2 rings (SSSR count). The molecule has 150 valence electrons. The zero-order valence-electron chi connectivity index (χ0n) is 15.1. The highest BCUT2D eigenvalue weighted by Gasteiger charge is 2.23. The summed E-state index contributed by atoms with van der Waals surface area (Å²) in [4.78, 5) is 70.8. The second-order valence-electron chi connectivity index (χ2n) is 5.98. The first-order valence-electron chi connectivity index (χ1n) is 8.69. The lowest BCUT2D eigenvalue weighted by Gasteiger charge is -2.14. The molecule has 0 fully saturated rings. The smallest absolute Gasteiger partial charge is 0.253 e. The molecule has 0 saturated carbocycles. The fourth-order valence-electron chi connectivity index (χ4n) is 2.49. The Labute approximate surface area is 160 Å². The third-order valence-electron chi connectivity index (χ3n) is 3.91. The van der Waals surface area contributed by atoms with Gasteiger partial charge < -0.3 is 10.6 Å². The Morgan fingerprint density at radius 2 is 1.11 bits per heavy atom. The van der Waals surface area contributed by atoms with Crippen molar-refractivity contribution in [2.45, 2.75) is 6.42 Å². The molecule has 0 atom stereocenters. The van der Waals surface area contributed by atoms with Gasteiger partial charge in [-0.05, 0) is 6.42 Å². The number of hydrogen-bond acceptors (Lipinski definition) is 7. The van der Waals surface area contributed by atoms with Gasteiger partial charge in [0.25, 0.3) is 23.6 Å². The van der Waals surface area contributed by atoms with E-state index in [0.29, 0.717) is 6.42 Å². The minimum atomic E-state index is -0.413. The fraction of sp³-hybridized carbons (Fsp3) is 0.412. The summed E-state index contributed by atoms with van der Waals surface area (Å²) in [6.07, 6.45) is 5.17. The molecule has 11 nitrogen and oxygen atoms in total. The fourth-order valence-corrected chi connectivity index (χ4v) is 2.49. The van der Waals surface area contributed by atoms with Gasteiger partial charge in [0.15, 0.2) is 0 Å². The Kier molecular flexibility index (Phi) is 7.57. The van der Waals surface area contributed by atoms with Crippen LogP contribution in [0, 0.1) is 0 Å². The highest BCUT2D eigenvalue weighted by atomic mass is 16.2. The van der Waals surface area contributed by atoms with Crippen LogP contribution in [0.15, 0.2) is 24.3 Å². The van der Waals surface area contributed by atoms with Crippen LogP contribution >= 0.6 is 0 Å². The Hall–Kier alpha value is -3.34. The third-order valence-corrected chi connectivity index (χ3v) is 3.91. The third kappa shape index (κ3) is 6.13. The van der Waals surface area contributed by atoms with Gasteiger partial charge in [0.2, 0.25) is 11.8 Å². The normalized spacial score (nSPS) is 15.7. The van der Waals surface area contributed by atoms with Crippen LogP contribution in [0.4, 0.5) is 0 Å². The van der Waals surface area contributed by atoms with Crippen molar-refractivity contribution in [1.29, 1.82) is 0 Å². The lowest BCUT2D eigenvalue weighted by Crippen LogP contribution is -2.43. The number of rotatable bonds is 11. The van der Waals surface area contributed by atoms with Gasteiger partial charge in [-0.15, -0.1) is 0 Å². The zero-order chi connectivity index (χ0) is 20.5. The van der Waals surface area contributed by atoms with E-state index in [0.717, 1.165) is 9.80 Å². The molecule has 0 saturated heterocycles.